The van der Waals surface area contributed by atoms with E-state index in [1.165, 1.54) is 23.1 Å². The monoisotopic (exact) mass is 658 g/mol. The van der Waals surface area contributed by atoms with Gasteiger partial charge < -0.3 is 20.3 Å². The minimum absolute atomic E-state index is 0. The number of nitrogens with two attached hydrogens (primary N) is 1. The second kappa shape index (κ2) is 16.8. The van der Waals surface area contributed by atoms with Crippen LogP contribution in [0.5, 0.6) is 5.75 Å². The van der Waals surface area contributed by atoms with Crippen molar-refractivity contribution in [1.29, 1.82) is 10.5 Å². The van der Waals surface area contributed by atoms with Gasteiger partial charge in [0.15, 0.2) is 0 Å². The van der Waals surface area contributed by atoms with E-state index in [1.807, 2.05) is 17.5 Å². The molecule has 213 valence electrons. The van der Waals surface area contributed by atoms with Gasteiger partial charge in [-0.2, -0.15) is 10.5 Å². The van der Waals surface area contributed by atoms with Gasteiger partial charge in [-0.25, -0.2) is 9.97 Å². The first-order valence-corrected chi connectivity index (χ1v) is 14.6. The maximum atomic E-state index is 11.5. The van der Waals surface area contributed by atoms with Gasteiger partial charge in [0, 0.05) is 78.7 Å². The number of aromatic nitrogens is 2. The molecule has 0 aliphatic heterocycles. The molecule has 0 saturated carbocycles. The first kappa shape index (κ1) is 34.5. The van der Waals surface area contributed by atoms with Crippen LogP contribution in [0.2, 0.25) is 5.02 Å². The second-order valence-corrected chi connectivity index (χ2v) is 10.8. The summed E-state index contributed by atoms with van der Waals surface area (Å²) in [6.45, 7) is 0.0173. The number of ether oxygens (including phenoxy) is 2. The number of anilines is 1. The van der Waals surface area contributed by atoms with E-state index in [-0.39, 0.29) is 94.4 Å². The molecule has 3 N–H and O–H groups in total. The fourth-order valence-electron chi connectivity index (χ4n) is 3.75. The summed E-state index contributed by atoms with van der Waals surface area (Å²) >= 11 is 8.78. The number of halogens is 1. The second-order valence-electron chi connectivity index (χ2n) is 8.58. The molecule has 0 aliphatic carbocycles. The number of carbonyl (C=O) groups is 2. The van der Waals surface area contributed by atoms with Crippen LogP contribution in [-0.2, 0) is 20.1 Å². The number of nitrogen functional groups attached to an aromatic ring is 1. The number of esters is 1. The number of carbonyl (C=O) groups excluding carboxylic acids is 1. The van der Waals surface area contributed by atoms with E-state index in [0.717, 1.165) is 16.3 Å². The molecule has 0 amide bonds. The maximum Gasteiger partial charge on any atom is 0.306 e. The van der Waals surface area contributed by atoms with Crippen molar-refractivity contribution in [3.8, 4) is 39.6 Å². The van der Waals surface area contributed by atoms with Crippen molar-refractivity contribution in [3.63, 3.8) is 0 Å². The smallest absolute Gasteiger partial charge is 0.306 e. The third kappa shape index (κ3) is 9.50. The number of carboxylic acid groups (broad SMARTS) is 1. The zero-order chi connectivity index (χ0) is 30.1. The molecule has 43 heavy (non-hydrogen) atoms. The Hall–Kier alpha value is -2.98. The average molecular weight is 659 g/mol. The van der Waals surface area contributed by atoms with Gasteiger partial charge in [0.2, 0.25) is 0 Å². The summed E-state index contributed by atoms with van der Waals surface area (Å²) in [5, 5.41) is 32.3. The first-order valence-electron chi connectivity index (χ1n) is 12.4. The molecule has 4 rings (SSSR count). The van der Waals surface area contributed by atoms with Crippen LogP contribution in [0.1, 0.15) is 29.7 Å². The molecular weight excluding hydrogens is 637 g/mol. The molecule has 2 aromatic carbocycles. The van der Waals surface area contributed by atoms with Crippen LogP contribution < -0.4 is 10.5 Å². The first-order chi connectivity index (χ1) is 20.3. The van der Waals surface area contributed by atoms with Crippen molar-refractivity contribution < 1.29 is 24.2 Å². The van der Waals surface area contributed by atoms with E-state index in [2.05, 4.69) is 22.1 Å². The van der Waals surface area contributed by atoms with Crippen molar-refractivity contribution in [2.24, 2.45) is 0 Å². The Morgan fingerprint density at radius 1 is 0.977 bits per heavy atom. The standard InChI is InChI=1S/C29H22ClN5O5S2.K/c30-19-5-1-18(2-6-19)28-34-20(15-41-28)16-42-29-23(14-32)26(22(13-31)27(33)35-29)17-3-7-21(8-4-17)39-11-12-40-25(38)10-9-24(36)37;/h1-8,15H,9-12,16H2,(H2,33,35)(H,36,37);. The van der Waals surface area contributed by atoms with Gasteiger partial charge in [0.05, 0.1) is 24.1 Å². The van der Waals surface area contributed by atoms with Crippen molar-refractivity contribution >= 4 is 104 Å². The quantitative estimate of drug-likeness (QED) is 0.0846. The van der Waals surface area contributed by atoms with Crippen molar-refractivity contribution in [1.82, 2.24) is 9.97 Å². The molecule has 0 saturated heterocycles. The fourth-order valence-corrected chi connectivity index (χ4v) is 5.69. The fraction of sp³-hybridized carbons (Fsp3) is 0.172. The Kier molecular flexibility index (Phi) is 13.4. The minimum atomic E-state index is -1.08. The largest absolute Gasteiger partial charge is 0.490 e. The summed E-state index contributed by atoms with van der Waals surface area (Å²) in [6.07, 6.45) is -0.511. The number of carboxylic acids is 1. The summed E-state index contributed by atoms with van der Waals surface area (Å²) in [5.41, 5.74) is 9.16. The number of hydrogen-bond acceptors (Lipinski definition) is 11. The van der Waals surface area contributed by atoms with Crippen LogP contribution in [-0.4, -0.2) is 91.6 Å². The predicted octanol–water partition coefficient (Wildman–Crippen LogP) is 5.55. The van der Waals surface area contributed by atoms with E-state index in [1.54, 1.807) is 36.4 Å². The number of benzene rings is 2. The average Bonchev–Trinajstić information content (AvgIpc) is 3.46. The SMILES string of the molecule is N#Cc1c(N)nc(SCc2csc(-c3ccc(Cl)cc3)n2)c(C#N)c1-c1ccc(OCCOC(=O)CCC(=O)O)cc1.[K]. The van der Waals surface area contributed by atoms with Crippen LogP contribution >= 0.6 is 34.7 Å². The molecule has 0 bridgehead atoms. The molecule has 1 radical (unpaired) electrons. The Morgan fingerprint density at radius 2 is 1.65 bits per heavy atom. The van der Waals surface area contributed by atoms with Gasteiger partial charge in [-0.1, -0.05) is 47.6 Å². The Labute approximate surface area is 303 Å². The molecule has 0 spiro atoms. The van der Waals surface area contributed by atoms with E-state index in [9.17, 15) is 20.1 Å². The zero-order valence-electron chi connectivity index (χ0n) is 22.9. The molecule has 14 heteroatoms. The van der Waals surface area contributed by atoms with Gasteiger partial charge in [-0.05, 0) is 29.8 Å². The third-order valence-corrected chi connectivity index (χ3v) is 7.92. The number of nitrogens with zero attached hydrogens (tertiary/aromatic N) is 4. The number of thiazole rings is 1. The molecule has 0 unspecified atom stereocenters. The van der Waals surface area contributed by atoms with Crippen LogP contribution in [0, 0.1) is 22.7 Å². The zero-order valence-corrected chi connectivity index (χ0v) is 28.4. The summed E-state index contributed by atoms with van der Waals surface area (Å²) < 4.78 is 10.5. The van der Waals surface area contributed by atoms with E-state index >= 15 is 0 Å². The molecule has 4 aromatic rings. The molecule has 0 aliphatic rings. The normalized spacial score (nSPS) is 10.2. The van der Waals surface area contributed by atoms with Gasteiger partial charge in [-0.15, -0.1) is 11.3 Å². The van der Waals surface area contributed by atoms with Gasteiger partial charge in [-0.3, -0.25) is 9.59 Å². The number of aliphatic carboxylic acids is 1. The summed E-state index contributed by atoms with van der Waals surface area (Å²) in [4.78, 5) is 31.1. The number of nitriles is 2. The summed E-state index contributed by atoms with van der Waals surface area (Å²) in [6, 6.07) is 18.4. The van der Waals surface area contributed by atoms with Gasteiger partial charge >= 0.3 is 11.9 Å². The molecule has 2 heterocycles. The van der Waals surface area contributed by atoms with E-state index in [0.29, 0.717) is 32.7 Å². The van der Waals surface area contributed by atoms with Crippen molar-refractivity contribution in [2.45, 2.75) is 23.6 Å². The van der Waals surface area contributed by atoms with Crippen molar-refractivity contribution in [3.05, 3.63) is 75.8 Å². The maximum absolute atomic E-state index is 11.5. The molecule has 0 fully saturated rings. The molecule has 0 atom stereocenters. The van der Waals surface area contributed by atoms with E-state index < -0.39 is 11.9 Å². The molecular formula is C29H22ClKN5O5S2. The predicted molar refractivity (Wildman–Crippen MR) is 165 cm³/mol. The minimum Gasteiger partial charge on any atom is -0.490 e. The van der Waals surface area contributed by atoms with Gasteiger partial charge in [0.1, 0.15) is 52.5 Å². The summed E-state index contributed by atoms with van der Waals surface area (Å²) in [7, 11) is 0. The Balaban J connectivity index is 0.00000506. The topological polar surface area (TPSA) is 172 Å². The van der Waals surface area contributed by atoms with Crippen LogP contribution in [0.3, 0.4) is 0 Å². The number of pyridine rings is 1. The molecule has 2 aromatic heterocycles. The third-order valence-electron chi connectivity index (χ3n) is 5.72. The van der Waals surface area contributed by atoms with E-state index in [4.69, 9.17) is 31.9 Å². The van der Waals surface area contributed by atoms with Gasteiger partial charge in [0.25, 0.3) is 0 Å². The number of hydrogen-bond donors (Lipinski definition) is 2. The molecule has 10 nitrogen and oxygen atoms in total. The van der Waals surface area contributed by atoms with Crippen LogP contribution in [0.4, 0.5) is 5.82 Å². The number of rotatable bonds is 12. The Morgan fingerprint density at radius 3 is 2.30 bits per heavy atom. The Bertz CT molecular complexity index is 1690. The summed E-state index contributed by atoms with van der Waals surface area (Å²) in [5.74, 6) is -0.782. The number of thioether (sulfide) groups is 1. The van der Waals surface area contributed by atoms with Crippen molar-refractivity contribution in [2.75, 3.05) is 18.9 Å². The van der Waals surface area contributed by atoms with Crippen LogP contribution in [0.15, 0.2) is 58.9 Å². The van der Waals surface area contributed by atoms with Crippen LogP contribution in [0.25, 0.3) is 21.7 Å².